The zero-order valence-electron chi connectivity index (χ0n) is 6.63. The van der Waals surface area contributed by atoms with Gasteiger partial charge in [-0.3, -0.25) is 0 Å². The second-order valence-corrected chi connectivity index (χ2v) is 5.87. The molecule has 68 valence electrons. The van der Waals surface area contributed by atoms with E-state index in [2.05, 4.69) is 61.4 Å². The summed E-state index contributed by atoms with van der Waals surface area (Å²) in [6, 6.07) is 10.4. The van der Waals surface area contributed by atoms with E-state index in [0.717, 1.165) is 8.42 Å². The molecule has 0 bridgehead atoms. The van der Waals surface area contributed by atoms with Crippen LogP contribution in [0.5, 0.6) is 0 Å². The van der Waals surface area contributed by atoms with Crippen molar-refractivity contribution in [3.05, 3.63) is 44.3 Å². The first-order valence-electron chi connectivity index (χ1n) is 3.81. The maximum absolute atomic E-state index is 3.47. The third kappa shape index (κ3) is 2.11. The Kier molecular flexibility index (Phi) is 3.01. The lowest BCUT2D eigenvalue weighted by atomic mass is 10.2. The summed E-state index contributed by atoms with van der Waals surface area (Å²) in [5.41, 5.74) is 1.29. The number of halogens is 2. The minimum atomic E-state index is 0.324. The second kappa shape index (κ2) is 4.07. The normalized spacial score (nSPS) is 21.8. The van der Waals surface area contributed by atoms with Gasteiger partial charge in [-0.15, -0.1) is 0 Å². The van der Waals surface area contributed by atoms with E-state index in [0.29, 0.717) is 5.37 Å². The summed E-state index contributed by atoms with van der Waals surface area (Å²) in [6.45, 7) is 0. The fraction of sp³-hybridized carbons (Fsp3) is 0.111. The fourth-order valence-electron chi connectivity index (χ4n) is 1.14. The van der Waals surface area contributed by atoms with E-state index in [4.69, 9.17) is 0 Å². The molecule has 0 amide bonds. The minimum absolute atomic E-state index is 0.324. The summed E-state index contributed by atoms with van der Waals surface area (Å²) >= 11 is 8.68. The molecule has 1 atom stereocenters. The Morgan fingerprint density at radius 3 is 2.38 bits per heavy atom. The molecule has 1 aromatic carbocycles. The Morgan fingerprint density at radius 2 is 1.85 bits per heavy atom. The van der Waals surface area contributed by atoms with Crippen molar-refractivity contribution in [2.75, 3.05) is 0 Å². The SMILES string of the molecule is BrC1=C(Br)SC(c2ccccc2)N1. The van der Waals surface area contributed by atoms with Crippen LogP contribution < -0.4 is 5.32 Å². The lowest BCUT2D eigenvalue weighted by Crippen LogP contribution is -2.09. The summed E-state index contributed by atoms with van der Waals surface area (Å²) < 4.78 is 2.16. The van der Waals surface area contributed by atoms with E-state index in [-0.39, 0.29) is 0 Å². The van der Waals surface area contributed by atoms with Gasteiger partial charge in [0, 0.05) is 0 Å². The van der Waals surface area contributed by atoms with Crippen molar-refractivity contribution in [2.45, 2.75) is 5.37 Å². The Bertz CT molecular complexity index is 323. The van der Waals surface area contributed by atoms with Gasteiger partial charge in [-0.2, -0.15) is 0 Å². The van der Waals surface area contributed by atoms with Gasteiger partial charge in [-0.05, 0) is 37.4 Å². The number of rotatable bonds is 1. The summed E-state index contributed by atoms with van der Waals surface area (Å²) in [5, 5.41) is 3.66. The van der Waals surface area contributed by atoms with Crippen LogP contribution in [-0.2, 0) is 0 Å². The molecule has 1 nitrogen and oxygen atoms in total. The molecule has 0 saturated heterocycles. The Labute approximate surface area is 98.2 Å². The molecule has 1 aromatic rings. The molecule has 0 fully saturated rings. The molecule has 1 aliphatic heterocycles. The number of hydrogen-bond acceptors (Lipinski definition) is 2. The predicted octanol–water partition coefficient (Wildman–Crippen LogP) is 3.94. The Hall–Kier alpha value is 0.0700. The molecule has 2 rings (SSSR count). The van der Waals surface area contributed by atoms with E-state index in [1.54, 1.807) is 11.8 Å². The molecule has 0 aromatic heterocycles. The largest absolute Gasteiger partial charge is 0.362 e. The van der Waals surface area contributed by atoms with Crippen LogP contribution in [0.4, 0.5) is 0 Å². The van der Waals surface area contributed by atoms with Crippen molar-refractivity contribution in [2.24, 2.45) is 0 Å². The van der Waals surface area contributed by atoms with Crippen LogP contribution in [0.2, 0.25) is 0 Å². The van der Waals surface area contributed by atoms with E-state index in [1.165, 1.54) is 5.56 Å². The zero-order valence-corrected chi connectivity index (χ0v) is 10.6. The topological polar surface area (TPSA) is 12.0 Å². The van der Waals surface area contributed by atoms with Gasteiger partial charge in [0.1, 0.15) is 9.98 Å². The second-order valence-electron chi connectivity index (χ2n) is 2.64. The molecule has 1 aliphatic rings. The number of hydrogen-bond donors (Lipinski definition) is 1. The first-order valence-corrected chi connectivity index (χ1v) is 6.27. The molecule has 0 aliphatic carbocycles. The molecular weight excluding hydrogens is 314 g/mol. The van der Waals surface area contributed by atoms with Crippen LogP contribution in [0.25, 0.3) is 0 Å². The van der Waals surface area contributed by atoms with Crippen LogP contribution in [0.3, 0.4) is 0 Å². The van der Waals surface area contributed by atoms with Crippen LogP contribution >= 0.6 is 43.6 Å². The molecule has 1 unspecified atom stereocenters. The molecule has 1 heterocycles. The minimum Gasteiger partial charge on any atom is -0.362 e. The van der Waals surface area contributed by atoms with Crippen LogP contribution in [0.1, 0.15) is 10.9 Å². The maximum atomic E-state index is 3.47. The van der Waals surface area contributed by atoms with Crippen molar-refractivity contribution in [3.63, 3.8) is 0 Å². The number of nitrogens with one attached hydrogen (secondary N) is 1. The van der Waals surface area contributed by atoms with Crippen molar-refractivity contribution >= 4 is 43.6 Å². The Morgan fingerprint density at radius 1 is 1.15 bits per heavy atom. The predicted molar refractivity (Wildman–Crippen MR) is 64.8 cm³/mol. The average Bonchev–Trinajstić information content (AvgIpc) is 2.49. The van der Waals surface area contributed by atoms with Crippen LogP contribution in [-0.4, -0.2) is 0 Å². The molecule has 0 radical (unpaired) electrons. The van der Waals surface area contributed by atoms with E-state index >= 15 is 0 Å². The van der Waals surface area contributed by atoms with Gasteiger partial charge in [0.15, 0.2) is 0 Å². The first kappa shape index (κ1) is 9.62. The standard InChI is InChI=1S/C9H7Br2NS/c10-7-8(11)13-9(12-7)6-4-2-1-3-5-6/h1-5,9,12H. The van der Waals surface area contributed by atoms with Gasteiger partial charge in [0.05, 0.1) is 3.81 Å². The highest BCUT2D eigenvalue weighted by Gasteiger charge is 2.21. The van der Waals surface area contributed by atoms with Gasteiger partial charge >= 0.3 is 0 Å². The maximum Gasteiger partial charge on any atom is 0.104 e. The summed E-state index contributed by atoms with van der Waals surface area (Å²) in [5.74, 6) is 0. The molecule has 1 N–H and O–H groups in total. The summed E-state index contributed by atoms with van der Waals surface area (Å²) in [6.07, 6.45) is 0. The van der Waals surface area contributed by atoms with E-state index < -0.39 is 0 Å². The molecular formula is C9H7Br2NS. The van der Waals surface area contributed by atoms with Crippen LogP contribution in [0, 0.1) is 0 Å². The van der Waals surface area contributed by atoms with Gasteiger partial charge < -0.3 is 5.32 Å². The summed E-state index contributed by atoms with van der Waals surface area (Å²) in [4.78, 5) is 0. The highest BCUT2D eigenvalue weighted by atomic mass is 79.9. The van der Waals surface area contributed by atoms with Crippen molar-refractivity contribution in [1.82, 2.24) is 5.32 Å². The van der Waals surface area contributed by atoms with Crippen LogP contribution in [0.15, 0.2) is 38.8 Å². The zero-order chi connectivity index (χ0) is 9.26. The van der Waals surface area contributed by atoms with Crippen molar-refractivity contribution < 1.29 is 0 Å². The summed E-state index contributed by atoms with van der Waals surface area (Å²) in [7, 11) is 0. The smallest absolute Gasteiger partial charge is 0.104 e. The molecule has 4 heteroatoms. The monoisotopic (exact) mass is 319 g/mol. The van der Waals surface area contributed by atoms with Gasteiger partial charge in [0.25, 0.3) is 0 Å². The number of benzene rings is 1. The molecule has 13 heavy (non-hydrogen) atoms. The molecule has 0 spiro atoms. The average molecular weight is 321 g/mol. The van der Waals surface area contributed by atoms with E-state index in [1.807, 2.05) is 6.07 Å². The molecule has 0 saturated carbocycles. The van der Waals surface area contributed by atoms with Gasteiger partial charge in [0.2, 0.25) is 0 Å². The third-order valence-electron chi connectivity index (χ3n) is 1.75. The lowest BCUT2D eigenvalue weighted by molar-refractivity contribution is 0.853. The highest BCUT2D eigenvalue weighted by Crippen LogP contribution is 2.44. The van der Waals surface area contributed by atoms with E-state index in [9.17, 15) is 0 Å². The third-order valence-corrected chi connectivity index (χ3v) is 5.17. The van der Waals surface area contributed by atoms with Gasteiger partial charge in [-0.25, -0.2) is 0 Å². The number of thioether (sulfide) groups is 1. The highest BCUT2D eigenvalue weighted by molar-refractivity contribution is 9.15. The Balaban J connectivity index is 2.16. The quantitative estimate of drug-likeness (QED) is 0.787. The van der Waals surface area contributed by atoms with Gasteiger partial charge in [-0.1, -0.05) is 42.1 Å². The fourth-order valence-corrected chi connectivity index (χ4v) is 3.31. The van der Waals surface area contributed by atoms with Crippen molar-refractivity contribution in [3.8, 4) is 0 Å². The first-order chi connectivity index (χ1) is 6.27. The lowest BCUT2D eigenvalue weighted by Gasteiger charge is -2.10. The van der Waals surface area contributed by atoms with Crippen molar-refractivity contribution in [1.29, 1.82) is 0 Å².